The molecule has 0 aliphatic heterocycles. The van der Waals surface area contributed by atoms with Crippen molar-refractivity contribution >= 4 is 0 Å². The molecule has 2 aromatic rings. The van der Waals surface area contributed by atoms with E-state index in [1.165, 1.54) is 11.1 Å². The first-order valence-corrected chi connectivity index (χ1v) is 6.90. The highest BCUT2D eigenvalue weighted by atomic mass is 16.5. The third-order valence-electron chi connectivity index (χ3n) is 3.37. The third-order valence-corrected chi connectivity index (χ3v) is 3.37. The molecule has 0 saturated heterocycles. The lowest BCUT2D eigenvalue weighted by molar-refractivity contribution is 0.302. The number of hydrogen-bond donors (Lipinski definition) is 0. The monoisotopic (exact) mass is 265 g/mol. The average Bonchev–Trinajstić information content (AvgIpc) is 2.47. The number of benzene rings is 2. The summed E-state index contributed by atoms with van der Waals surface area (Å²) in [5.41, 5.74) is 4.60. The molecule has 0 amide bonds. The van der Waals surface area contributed by atoms with Crippen LogP contribution in [0.4, 0.5) is 0 Å². The van der Waals surface area contributed by atoms with Gasteiger partial charge in [0.2, 0.25) is 0 Å². The van der Waals surface area contributed by atoms with Crippen molar-refractivity contribution in [3.05, 3.63) is 64.7 Å². The molecule has 0 saturated carbocycles. The SMILES string of the molecule is CCc1cc(C)ccc1OCc1ccccc1CC#N. The van der Waals surface area contributed by atoms with E-state index in [0.29, 0.717) is 13.0 Å². The van der Waals surface area contributed by atoms with Crippen molar-refractivity contribution in [3.63, 3.8) is 0 Å². The van der Waals surface area contributed by atoms with E-state index in [2.05, 4.69) is 32.0 Å². The van der Waals surface area contributed by atoms with Crippen LogP contribution in [0.1, 0.15) is 29.2 Å². The van der Waals surface area contributed by atoms with Crippen LogP contribution in [0.2, 0.25) is 0 Å². The molecule has 0 N–H and O–H groups in total. The van der Waals surface area contributed by atoms with Crippen LogP contribution >= 0.6 is 0 Å². The summed E-state index contributed by atoms with van der Waals surface area (Å²) in [4.78, 5) is 0. The Bertz CT molecular complexity index is 620. The standard InChI is InChI=1S/C18H19NO/c1-3-15-12-14(2)8-9-18(15)20-13-17-7-5-4-6-16(17)10-11-19/h4-9,12H,3,10,13H2,1-2H3. The molecule has 0 unspecified atom stereocenters. The van der Waals surface area contributed by atoms with Crippen LogP contribution in [0, 0.1) is 18.3 Å². The number of hydrogen-bond acceptors (Lipinski definition) is 2. The molecule has 2 nitrogen and oxygen atoms in total. The van der Waals surface area contributed by atoms with Crippen LogP contribution in [0.5, 0.6) is 5.75 Å². The molecule has 0 radical (unpaired) electrons. The average molecular weight is 265 g/mol. The molecule has 0 fully saturated rings. The Labute approximate surface area is 120 Å². The van der Waals surface area contributed by atoms with Crippen molar-refractivity contribution < 1.29 is 4.74 Å². The maximum atomic E-state index is 8.85. The minimum atomic E-state index is 0.425. The van der Waals surface area contributed by atoms with Gasteiger partial charge in [0.25, 0.3) is 0 Å². The minimum absolute atomic E-state index is 0.425. The lowest BCUT2D eigenvalue weighted by Gasteiger charge is -2.13. The van der Waals surface area contributed by atoms with Gasteiger partial charge >= 0.3 is 0 Å². The van der Waals surface area contributed by atoms with Gasteiger partial charge in [-0.1, -0.05) is 48.9 Å². The van der Waals surface area contributed by atoms with Crippen LogP contribution in [0.25, 0.3) is 0 Å². The molecule has 20 heavy (non-hydrogen) atoms. The van der Waals surface area contributed by atoms with Gasteiger partial charge in [-0.3, -0.25) is 0 Å². The molecule has 0 heterocycles. The van der Waals surface area contributed by atoms with Crippen LogP contribution in [0.3, 0.4) is 0 Å². The smallest absolute Gasteiger partial charge is 0.123 e. The summed E-state index contributed by atoms with van der Waals surface area (Å²) in [5, 5.41) is 8.85. The fourth-order valence-electron chi connectivity index (χ4n) is 2.24. The second kappa shape index (κ2) is 6.77. The second-order valence-electron chi connectivity index (χ2n) is 4.86. The highest BCUT2D eigenvalue weighted by molar-refractivity contribution is 5.37. The zero-order chi connectivity index (χ0) is 14.4. The van der Waals surface area contributed by atoms with Gasteiger partial charge in [0, 0.05) is 0 Å². The lowest BCUT2D eigenvalue weighted by Crippen LogP contribution is -2.01. The molecular formula is C18H19NO. The van der Waals surface area contributed by atoms with Gasteiger partial charge in [-0.25, -0.2) is 0 Å². The Hall–Kier alpha value is -2.27. The number of nitriles is 1. The number of rotatable bonds is 5. The van der Waals surface area contributed by atoms with Gasteiger partial charge in [0.1, 0.15) is 12.4 Å². The van der Waals surface area contributed by atoms with Crippen molar-refractivity contribution in [2.24, 2.45) is 0 Å². The van der Waals surface area contributed by atoms with E-state index in [-0.39, 0.29) is 0 Å². The normalized spacial score (nSPS) is 10.1. The first-order chi connectivity index (χ1) is 9.74. The van der Waals surface area contributed by atoms with Crippen molar-refractivity contribution in [1.29, 1.82) is 5.26 Å². The first kappa shape index (κ1) is 14.1. The van der Waals surface area contributed by atoms with E-state index in [4.69, 9.17) is 10.00 Å². The Morgan fingerprint density at radius 2 is 1.80 bits per heavy atom. The number of ether oxygens (including phenoxy) is 1. The zero-order valence-electron chi connectivity index (χ0n) is 12.0. The van der Waals surface area contributed by atoms with E-state index in [1.54, 1.807) is 0 Å². The molecule has 0 spiro atoms. The van der Waals surface area contributed by atoms with Gasteiger partial charge in [-0.05, 0) is 36.1 Å². The van der Waals surface area contributed by atoms with E-state index < -0.39 is 0 Å². The molecule has 0 aliphatic carbocycles. The first-order valence-electron chi connectivity index (χ1n) is 6.90. The number of aryl methyl sites for hydroxylation is 2. The van der Waals surface area contributed by atoms with Crippen molar-refractivity contribution in [2.45, 2.75) is 33.3 Å². The Kier molecular flexibility index (Phi) is 4.79. The molecule has 102 valence electrons. The molecule has 2 rings (SSSR count). The van der Waals surface area contributed by atoms with Crippen LogP contribution < -0.4 is 4.74 Å². The molecule has 0 aliphatic rings. The van der Waals surface area contributed by atoms with Crippen LogP contribution in [-0.2, 0) is 19.4 Å². The van der Waals surface area contributed by atoms with Gasteiger partial charge in [-0.2, -0.15) is 5.26 Å². The van der Waals surface area contributed by atoms with Gasteiger partial charge in [-0.15, -0.1) is 0 Å². The molecule has 0 bridgehead atoms. The van der Waals surface area contributed by atoms with Crippen LogP contribution in [-0.4, -0.2) is 0 Å². The molecule has 0 aromatic heterocycles. The van der Waals surface area contributed by atoms with Crippen molar-refractivity contribution in [1.82, 2.24) is 0 Å². The van der Waals surface area contributed by atoms with E-state index in [9.17, 15) is 0 Å². The summed E-state index contributed by atoms with van der Waals surface area (Å²) < 4.78 is 5.95. The molecule has 2 heteroatoms. The van der Waals surface area contributed by atoms with E-state index in [0.717, 1.165) is 23.3 Å². The molecular weight excluding hydrogens is 246 g/mol. The second-order valence-corrected chi connectivity index (χ2v) is 4.86. The number of nitrogens with zero attached hydrogens (tertiary/aromatic N) is 1. The van der Waals surface area contributed by atoms with Crippen LogP contribution in [0.15, 0.2) is 42.5 Å². The zero-order valence-corrected chi connectivity index (χ0v) is 12.0. The summed E-state index contributed by atoms with van der Waals surface area (Å²) in [6, 6.07) is 16.4. The van der Waals surface area contributed by atoms with Crippen molar-refractivity contribution in [2.75, 3.05) is 0 Å². The molecule has 0 atom stereocenters. The topological polar surface area (TPSA) is 33.0 Å². The Balaban J connectivity index is 2.15. The largest absolute Gasteiger partial charge is 0.489 e. The molecule has 2 aromatic carbocycles. The fourth-order valence-corrected chi connectivity index (χ4v) is 2.24. The summed E-state index contributed by atoms with van der Waals surface area (Å²) in [6.45, 7) is 4.73. The predicted molar refractivity (Wildman–Crippen MR) is 80.6 cm³/mol. The predicted octanol–water partition coefficient (Wildman–Crippen LogP) is 4.20. The van der Waals surface area contributed by atoms with Crippen molar-refractivity contribution in [3.8, 4) is 11.8 Å². The minimum Gasteiger partial charge on any atom is -0.489 e. The maximum Gasteiger partial charge on any atom is 0.123 e. The van der Waals surface area contributed by atoms with Gasteiger partial charge in [0.05, 0.1) is 12.5 Å². The third kappa shape index (κ3) is 3.39. The summed E-state index contributed by atoms with van der Waals surface area (Å²) in [6.07, 6.45) is 1.38. The Morgan fingerprint density at radius 3 is 2.50 bits per heavy atom. The van der Waals surface area contributed by atoms with E-state index >= 15 is 0 Å². The lowest BCUT2D eigenvalue weighted by atomic mass is 10.1. The van der Waals surface area contributed by atoms with Gasteiger partial charge in [0.15, 0.2) is 0 Å². The van der Waals surface area contributed by atoms with Gasteiger partial charge < -0.3 is 4.74 Å². The summed E-state index contributed by atoms with van der Waals surface area (Å²) in [7, 11) is 0. The van der Waals surface area contributed by atoms with E-state index in [1.807, 2.05) is 30.3 Å². The summed E-state index contributed by atoms with van der Waals surface area (Å²) in [5.74, 6) is 0.935. The highest BCUT2D eigenvalue weighted by Crippen LogP contribution is 2.22. The summed E-state index contributed by atoms with van der Waals surface area (Å²) >= 11 is 0. The highest BCUT2D eigenvalue weighted by Gasteiger charge is 2.05. The quantitative estimate of drug-likeness (QED) is 0.811. The Morgan fingerprint density at radius 1 is 1.05 bits per heavy atom. The fraction of sp³-hybridized carbons (Fsp3) is 0.278. The maximum absolute atomic E-state index is 8.85.